The van der Waals surface area contributed by atoms with E-state index in [0.717, 1.165) is 18.4 Å². The molecular weight excluding hydrogens is 190 g/mol. The molecule has 4 heteroatoms. The number of amides is 1. The Morgan fingerprint density at radius 3 is 3.07 bits per heavy atom. The number of nitrogens with two attached hydrogens (primary N) is 1. The van der Waals surface area contributed by atoms with Crippen LogP contribution in [0.4, 0.5) is 0 Å². The quantitative estimate of drug-likeness (QED) is 0.762. The summed E-state index contributed by atoms with van der Waals surface area (Å²) in [5, 5.41) is 2.92. The van der Waals surface area contributed by atoms with Crippen LogP contribution in [-0.4, -0.2) is 16.9 Å². The molecular formula is C11H15N3O. The molecule has 1 aliphatic carbocycles. The molecule has 1 saturated carbocycles. The number of hydrogen-bond acceptors (Lipinski definition) is 3. The van der Waals surface area contributed by atoms with Gasteiger partial charge in [-0.2, -0.15) is 0 Å². The van der Waals surface area contributed by atoms with Crippen molar-refractivity contribution >= 4 is 5.91 Å². The highest BCUT2D eigenvalue weighted by molar-refractivity contribution is 5.77. The number of hydrogen-bond donors (Lipinski definition) is 2. The van der Waals surface area contributed by atoms with Gasteiger partial charge in [0.25, 0.3) is 0 Å². The summed E-state index contributed by atoms with van der Waals surface area (Å²) in [6, 6.07) is 3.87. The standard InChI is InChI=1S/C11H15N3O/c12-10(8-2-1-5-13-7-8)6-11(15)14-9-3-4-9/h1-2,5,7,9-10H,3-4,6,12H2,(H,14,15). The van der Waals surface area contributed by atoms with Crippen molar-refractivity contribution in [3.63, 3.8) is 0 Å². The average Bonchev–Trinajstić information content (AvgIpc) is 3.03. The fraction of sp³-hybridized carbons (Fsp3) is 0.455. The summed E-state index contributed by atoms with van der Waals surface area (Å²) in [6.45, 7) is 0. The van der Waals surface area contributed by atoms with E-state index < -0.39 is 0 Å². The Bertz CT molecular complexity index is 335. The van der Waals surface area contributed by atoms with Crippen LogP contribution in [-0.2, 0) is 4.79 Å². The maximum atomic E-state index is 11.5. The number of nitrogens with zero attached hydrogens (tertiary/aromatic N) is 1. The van der Waals surface area contributed by atoms with Crippen LogP contribution in [0.5, 0.6) is 0 Å². The largest absolute Gasteiger partial charge is 0.353 e. The molecule has 0 aromatic carbocycles. The van der Waals surface area contributed by atoms with E-state index in [9.17, 15) is 4.79 Å². The fourth-order valence-corrected chi connectivity index (χ4v) is 1.43. The van der Waals surface area contributed by atoms with Crippen LogP contribution < -0.4 is 11.1 Å². The molecule has 1 atom stereocenters. The molecule has 1 amide bonds. The van der Waals surface area contributed by atoms with Gasteiger partial charge in [0.2, 0.25) is 5.91 Å². The number of carbonyl (C=O) groups is 1. The van der Waals surface area contributed by atoms with Gasteiger partial charge < -0.3 is 11.1 Å². The molecule has 0 saturated heterocycles. The Kier molecular flexibility index (Phi) is 2.97. The van der Waals surface area contributed by atoms with Crippen LogP contribution in [0, 0.1) is 0 Å². The van der Waals surface area contributed by atoms with Crippen molar-refractivity contribution in [2.45, 2.75) is 31.3 Å². The lowest BCUT2D eigenvalue weighted by molar-refractivity contribution is -0.121. The Hall–Kier alpha value is -1.42. The van der Waals surface area contributed by atoms with E-state index in [1.54, 1.807) is 12.4 Å². The Morgan fingerprint density at radius 1 is 1.67 bits per heavy atom. The van der Waals surface area contributed by atoms with E-state index in [1.807, 2.05) is 12.1 Å². The van der Waals surface area contributed by atoms with Gasteiger partial charge in [0.15, 0.2) is 0 Å². The first-order chi connectivity index (χ1) is 7.25. The van der Waals surface area contributed by atoms with Crippen LogP contribution in [0.15, 0.2) is 24.5 Å². The van der Waals surface area contributed by atoms with Gasteiger partial charge in [-0.25, -0.2) is 0 Å². The highest BCUT2D eigenvalue weighted by Crippen LogP contribution is 2.19. The lowest BCUT2D eigenvalue weighted by atomic mass is 10.1. The molecule has 1 aromatic rings. The molecule has 15 heavy (non-hydrogen) atoms. The van der Waals surface area contributed by atoms with E-state index in [-0.39, 0.29) is 11.9 Å². The van der Waals surface area contributed by atoms with Gasteiger partial charge in [-0.15, -0.1) is 0 Å². The average molecular weight is 205 g/mol. The van der Waals surface area contributed by atoms with Crippen LogP contribution in [0.1, 0.15) is 30.9 Å². The van der Waals surface area contributed by atoms with Crippen LogP contribution in [0.25, 0.3) is 0 Å². The van der Waals surface area contributed by atoms with Crippen molar-refractivity contribution in [2.24, 2.45) is 5.73 Å². The van der Waals surface area contributed by atoms with Gasteiger partial charge in [-0.1, -0.05) is 6.07 Å². The van der Waals surface area contributed by atoms with E-state index in [1.165, 1.54) is 0 Å². The zero-order valence-corrected chi connectivity index (χ0v) is 8.52. The first-order valence-corrected chi connectivity index (χ1v) is 5.20. The predicted octanol–water partition coefficient (Wildman–Crippen LogP) is 0.750. The lowest BCUT2D eigenvalue weighted by Crippen LogP contribution is -2.29. The van der Waals surface area contributed by atoms with Gasteiger partial charge in [0.1, 0.15) is 0 Å². The number of aromatic nitrogens is 1. The second kappa shape index (κ2) is 4.40. The third-order valence-electron chi connectivity index (χ3n) is 2.46. The molecule has 0 radical (unpaired) electrons. The maximum Gasteiger partial charge on any atom is 0.222 e. The van der Waals surface area contributed by atoms with Crippen LogP contribution >= 0.6 is 0 Å². The summed E-state index contributed by atoms with van der Waals surface area (Å²) in [7, 11) is 0. The summed E-state index contributed by atoms with van der Waals surface area (Å²) >= 11 is 0. The summed E-state index contributed by atoms with van der Waals surface area (Å²) in [5.41, 5.74) is 6.80. The van der Waals surface area contributed by atoms with Crippen molar-refractivity contribution in [1.82, 2.24) is 10.3 Å². The van der Waals surface area contributed by atoms with Gasteiger partial charge in [-0.05, 0) is 24.5 Å². The smallest absolute Gasteiger partial charge is 0.222 e. The van der Waals surface area contributed by atoms with Crippen LogP contribution in [0.2, 0.25) is 0 Å². The highest BCUT2D eigenvalue weighted by atomic mass is 16.1. The van der Waals surface area contributed by atoms with E-state index in [2.05, 4.69) is 10.3 Å². The van der Waals surface area contributed by atoms with E-state index in [4.69, 9.17) is 5.73 Å². The minimum Gasteiger partial charge on any atom is -0.353 e. The molecule has 0 aliphatic heterocycles. The Balaban J connectivity index is 1.85. The molecule has 0 bridgehead atoms. The van der Waals surface area contributed by atoms with Crippen molar-refractivity contribution in [1.29, 1.82) is 0 Å². The summed E-state index contributed by atoms with van der Waals surface area (Å²) in [6.07, 6.45) is 5.94. The van der Waals surface area contributed by atoms with Gasteiger partial charge in [0.05, 0.1) is 0 Å². The first-order valence-electron chi connectivity index (χ1n) is 5.20. The van der Waals surface area contributed by atoms with Crippen molar-refractivity contribution in [2.75, 3.05) is 0 Å². The monoisotopic (exact) mass is 205 g/mol. The summed E-state index contributed by atoms with van der Waals surface area (Å²) in [5.74, 6) is 0.0360. The Labute approximate surface area is 88.9 Å². The van der Waals surface area contributed by atoms with Crippen molar-refractivity contribution in [3.05, 3.63) is 30.1 Å². The highest BCUT2D eigenvalue weighted by Gasteiger charge is 2.24. The molecule has 4 nitrogen and oxygen atoms in total. The third-order valence-corrected chi connectivity index (χ3v) is 2.46. The summed E-state index contributed by atoms with van der Waals surface area (Å²) < 4.78 is 0. The predicted molar refractivity (Wildman–Crippen MR) is 56.9 cm³/mol. The minimum absolute atomic E-state index is 0.0360. The molecule has 3 N–H and O–H groups in total. The number of nitrogens with one attached hydrogen (secondary N) is 1. The molecule has 1 unspecified atom stereocenters. The van der Waals surface area contributed by atoms with Gasteiger partial charge in [0, 0.05) is 30.9 Å². The summed E-state index contributed by atoms with van der Waals surface area (Å²) in [4.78, 5) is 15.4. The molecule has 2 rings (SSSR count). The number of rotatable bonds is 4. The van der Waals surface area contributed by atoms with Crippen molar-refractivity contribution in [3.8, 4) is 0 Å². The normalized spacial score (nSPS) is 17.1. The van der Waals surface area contributed by atoms with Crippen LogP contribution in [0.3, 0.4) is 0 Å². The molecule has 80 valence electrons. The third kappa shape index (κ3) is 3.02. The molecule has 1 aliphatic rings. The molecule has 0 spiro atoms. The lowest BCUT2D eigenvalue weighted by Gasteiger charge is -2.11. The molecule has 1 aromatic heterocycles. The zero-order chi connectivity index (χ0) is 10.7. The topological polar surface area (TPSA) is 68.0 Å². The SMILES string of the molecule is NC(CC(=O)NC1CC1)c1cccnc1. The fourth-order valence-electron chi connectivity index (χ4n) is 1.43. The maximum absolute atomic E-state index is 11.5. The van der Waals surface area contributed by atoms with E-state index >= 15 is 0 Å². The molecule has 1 fully saturated rings. The Morgan fingerprint density at radius 2 is 2.47 bits per heavy atom. The van der Waals surface area contributed by atoms with Gasteiger partial charge in [-0.3, -0.25) is 9.78 Å². The van der Waals surface area contributed by atoms with Gasteiger partial charge >= 0.3 is 0 Å². The first kappa shape index (κ1) is 10.1. The molecule has 1 heterocycles. The van der Waals surface area contributed by atoms with Crippen molar-refractivity contribution < 1.29 is 4.79 Å². The number of carbonyl (C=O) groups excluding carboxylic acids is 1. The zero-order valence-electron chi connectivity index (χ0n) is 8.52. The second-order valence-corrected chi connectivity index (χ2v) is 3.94. The second-order valence-electron chi connectivity index (χ2n) is 3.94. The number of pyridine rings is 1. The minimum atomic E-state index is -0.252. The van der Waals surface area contributed by atoms with E-state index in [0.29, 0.717) is 12.5 Å².